The van der Waals surface area contributed by atoms with E-state index in [-0.39, 0.29) is 11.8 Å². The maximum absolute atomic E-state index is 12.9. The van der Waals surface area contributed by atoms with Crippen LogP contribution in [-0.2, 0) is 12.6 Å². The van der Waals surface area contributed by atoms with Crippen LogP contribution < -0.4 is 5.32 Å². The number of fused-ring (bicyclic) bond motifs is 1. The molecule has 1 aliphatic rings. The summed E-state index contributed by atoms with van der Waals surface area (Å²) < 4.78 is 40.4. The van der Waals surface area contributed by atoms with Gasteiger partial charge in [0.2, 0.25) is 0 Å². The molecule has 2 unspecified atom stereocenters. The lowest BCUT2D eigenvalue weighted by Crippen LogP contribution is -2.21. The summed E-state index contributed by atoms with van der Waals surface area (Å²) in [7, 11) is 0. The fourth-order valence-corrected chi connectivity index (χ4v) is 5.10. The molecule has 2 N–H and O–H groups in total. The van der Waals surface area contributed by atoms with Gasteiger partial charge in [-0.15, -0.1) is 0 Å². The van der Waals surface area contributed by atoms with Crippen molar-refractivity contribution in [2.24, 2.45) is 5.92 Å². The van der Waals surface area contributed by atoms with Crippen LogP contribution in [0.2, 0.25) is 0 Å². The van der Waals surface area contributed by atoms with E-state index in [2.05, 4.69) is 10.4 Å². The smallest absolute Gasteiger partial charge is 0.416 e. The average molecular weight is 495 g/mol. The summed E-state index contributed by atoms with van der Waals surface area (Å²) in [4.78, 5) is 4.75. The van der Waals surface area contributed by atoms with Gasteiger partial charge in [0.15, 0.2) is 5.65 Å². The van der Waals surface area contributed by atoms with E-state index in [0.717, 1.165) is 61.1 Å². The molecule has 5 rings (SSSR count). The number of hydrogen-bond donors (Lipinski definition) is 2. The summed E-state index contributed by atoms with van der Waals surface area (Å²) in [6.45, 7) is 1.96. The molecular formula is C28H29F3N4O. The summed E-state index contributed by atoms with van der Waals surface area (Å²) in [6, 6.07) is 14.9. The van der Waals surface area contributed by atoms with Crippen LogP contribution >= 0.6 is 0 Å². The van der Waals surface area contributed by atoms with E-state index >= 15 is 0 Å². The Hall–Kier alpha value is -3.55. The number of aryl methyl sites for hydroxylation is 1. The summed E-state index contributed by atoms with van der Waals surface area (Å²) in [5, 5.41) is 18.5. The van der Waals surface area contributed by atoms with Gasteiger partial charge in [0, 0.05) is 23.2 Å². The van der Waals surface area contributed by atoms with Crippen molar-refractivity contribution in [3.05, 3.63) is 77.5 Å². The normalized spacial score (nSPS) is 18.8. The molecule has 0 spiro atoms. The fraction of sp³-hybridized carbons (Fsp3) is 0.357. The Morgan fingerprint density at radius 3 is 2.56 bits per heavy atom. The number of phenols is 1. The van der Waals surface area contributed by atoms with Crippen molar-refractivity contribution in [1.82, 2.24) is 14.6 Å². The van der Waals surface area contributed by atoms with Crippen LogP contribution in [-0.4, -0.2) is 25.7 Å². The van der Waals surface area contributed by atoms with Crippen LogP contribution in [0, 0.1) is 12.8 Å². The van der Waals surface area contributed by atoms with Crippen molar-refractivity contribution < 1.29 is 18.3 Å². The first-order valence-electron chi connectivity index (χ1n) is 12.3. The number of phenolic OH excluding ortho intramolecular Hbond substituents is 1. The third kappa shape index (κ3) is 5.17. The molecule has 0 bridgehead atoms. The van der Waals surface area contributed by atoms with Gasteiger partial charge in [-0.3, -0.25) is 0 Å². The minimum absolute atomic E-state index is 0.179. The number of rotatable bonds is 5. The van der Waals surface area contributed by atoms with Crippen molar-refractivity contribution in [2.75, 3.05) is 5.32 Å². The first kappa shape index (κ1) is 24.2. The fourth-order valence-electron chi connectivity index (χ4n) is 5.10. The zero-order chi connectivity index (χ0) is 25.3. The number of hydrogen-bond acceptors (Lipinski definition) is 4. The molecule has 2 atom stereocenters. The van der Waals surface area contributed by atoms with Gasteiger partial charge in [-0.2, -0.15) is 22.8 Å². The van der Waals surface area contributed by atoms with Gasteiger partial charge in [-0.25, -0.2) is 4.98 Å². The van der Waals surface area contributed by atoms with E-state index < -0.39 is 11.7 Å². The Morgan fingerprint density at radius 2 is 1.81 bits per heavy atom. The zero-order valence-electron chi connectivity index (χ0n) is 20.1. The second-order valence-corrected chi connectivity index (χ2v) is 9.72. The molecule has 2 aromatic carbocycles. The first-order valence-corrected chi connectivity index (χ1v) is 12.3. The lowest BCUT2D eigenvalue weighted by molar-refractivity contribution is -0.137. The van der Waals surface area contributed by atoms with Crippen molar-refractivity contribution in [3.63, 3.8) is 0 Å². The molecule has 188 valence electrons. The molecule has 1 aliphatic carbocycles. The van der Waals surface area contributed by atoms with E-state index in [1.165, 1.54) is 12.1 Å². The highest BCUT2D eigenvalue weighted by Gasteiger charge is 2.30. The van der Waals surface area contributed by atoms with E-state index in [9.17, 15) is 18.3 Å². The SMILES string of the molecule is Cc1cnn2c(NC3CCCC(Cc4ccc(C(F)(F)F)cc4)CC3)cc(-c3ccccc3O)nc12. The van der Waals surface area contributed by atoms with Crippen LogP contribution in [0.25, 0.3) is 16.9 Å². The maximum atomic E-state index is 12.9. The van der Waals surface area contributed by atoms with Gasteiger partial charge < -0.3 is 10.4 Å². The number of anilines is 1. The third-order valence-corrected chi connectivity index (χ3v) is 7.07. The van der Waals surface area contributed by atoms with Crippen molar-refractivity contribution in [2.45, 2.75) is 57.7 Å². The standard InChI is InChI=1S/C28H29F3N4O/c1-18-17-32-35-26(16-24(34-27(18)35)23-7-2-3-8-25(23)36)33-22-6-4-5-19(11-14-22)15-20-9-12-21(13-10-20)28(29,30)31/h2-3,7-10,12-13,16-17,19,22,33,36H,4-6,11,14-15H2,1H3. The Kier molecular flexibility index (Phi) is 6.60. The van der Waals surface area contributed by atoms with Crippen molar-refractivity contribution in [3.8, 4) is 17.0 Å². The molecule has 0 radical (unpaired) electrons. The summed E-state index contributed by atoms with van der Waals surface area (Å²) in [5.74, 6) is 1.45. The van der Waals surface area contributed by atoms with E-state index in [4.69, 9.17) is 4.98 Å². The van der Waals surface area contributed by atoms with Crippen LogP contribution in [0.3, 0.4) is 0 Å². The number of nitrogens with one attached hydrogen (secondary N) is 1. The highest BCUT2D eigenvalue weighted by atomic mass is 19.4. The average Bonchev–Trinajstić information content (AvgIpc) is 3.08. The number of benzene rings is 2. The van der Waals surface area contributed by atoms with Gasteiger partial charge in [0.05, 0.1) is 17.5 Å². The molecule has 4 aromatic rings. The summed E-state index contributed by atoms with van der Waals surface area (Å²) in [5.41, 5.74) is 3.40. The molecule has 0 amide bonds. The van der Waals surface area contributed by atoms with Gasteiger partial charge in [-0.05, 0) is 68.4 Å². The first-order chi connectivity index (χ1) is 17.3. The molecule has 1 saturated carbocycles. The molecule has 0 saturated heterocycles. The van der Waals surface area contributed by atoms with Crippen LogP contribution in [0.1, 0.15) is 48.8 Å². The minimum Gasteiger partial charge on any atom is -0.507 e. The van der Waals surface area contributed by atoms with Gasteiger partial charge in [0.25, 0.3) is 0 Å². The van der Waals surface area contributed by atoms with E-state index in [0.29, 0.717) is 17.2 Å². The van der Waals surface area contributed by atoms with Crippen LogP contribution in [0.4, 0.5) is 19.0 Å². The minimum atomic E-state index is -4.30. The molecule has 0 aliphatic heterocycles. The quantitative estimate of drug-likeness (QED) is 0.292. The number of para-hydroxylation sites is 1. The molecule has 5 nitrogen and oxygen atoms in total. The van der Waals surface area contributed by atoms with E-state index in [1.807, 2.05) is 29.6 Å². The zero-order valence-corrected chi connectivity index (χ0v) is 20.1. The molecule has 2 heterocycles. The number of halogens is 3. The third-order valence-electron chi connectivity index (χ3n) is 7.07. The van der Waals surface area contributed by atoms with Crippen LogP contribution in [0.15, 0.2) is 60.8 Å². The molecule has 1 fully saturated rings. The second kappa shape index (κ2) is 9.84. The summed E-state index contributed by atoms with van der Waals surface area (Å²) in [6.07, 6.45) is 3.33. The molecule has 2 aromatic heterocycles. The topological polar surface area (TPSA) is 62.5 Å². The Morgan fingerprint density at radius 1 is 1.03 bits per heavy atom. The van der Waals surface area contributed by atoms with Gasteiger partial charge >= 0.3 is 6.18 Å². The number of nitrogens with zero attached hydrogens (tertiary/aromatic N) is 3. The maximum Gasteiger partial charge on any atom is 0.416 e. The molecule has 36 heavy (non-hydrogen) atoms. The lowest BCUT2D eigenvalue weighted by atomic mass is 9.92. The Balaban J connectivity index is 1.31. The van der Waals surface area contributed by atoms with Gasteiger partial charge in [0.1, 0.15) is 11.6 Å². The predicted octanol–water partition coefficient (Wildman–Crippen LogP) is 7.03. The number of aromatic nitrogens is 3. The monoisotopic (exact) mass is 494 g/mol. The highest BCUT2D eigenvalue weighted by molar-refractivity contribution is 5.72. The largest absolute Gasteiger partial charge is 0.507 e. The molecular weight excluding hydrogens is 465 g/mol. The lowest BCUT2D eigenvalue weighted by Gasteiger charge is -2.20. The Labute approximate surface area is 208 Å². The number of alkyl halides is 3. The van der Waals surface area contributed by atoms with Crippen molar-refractivity contribution in [1.29, 1.82) is 0 Å². The molecule has 8 heteroatoms. The number of aromatic hydroxyl groups is 1. The summed E-state index contributed by atoms with van der Waals surface area (Å²) >= 11 is 0. The van der Waals surface area contributed by atoms with E-state index in [1.54, 1.807) is 30.5 Å². The second-order valence-electron chi connectivity index (χ2n) is 9.72. The highest BCUT2D eigenvalue weighted by Crippen LogP contribution is 2.33. The predicted molar refractivity (Wildman–Crippen MR) is 134 cm³/mol. The van der Waals surface area contributed by atoms with Crippen LogP contribution in [0.5, 0.6) is 5.75 Å². The van der Waals surface area contributed by atoms with Gasteiger partial charge in [-0.1, -0.05) is 37.1 Å². The Bertz CT molecular complexity index is 1350. The van der Waals surface area contributed by atoms with Crippen molar-refractivity contribution >= 4 is 11.5 Å².